The van der Waals surface area contributed by atoms with E-state index in [4.69, 9.17) is 17.3 Å². The molecule has 3 heteroatoms. The highest BCUT2D eigenvalue weighted by molar-refractivity contribution is 6.33. The Morgan fingerprint density at radius 3 is 2.50 bits per heavy atom. The first kappa shape index (κ1) is 15.3. The Kier molecular flexibility index (Phi) is 5.97. The highest BCUT2D eigenvalue weighted by Crippen LogP contribution is 2.30. The van der Waals surface area contributed by atoms with Crippen molar-refractivity contribution in [3.05, 3.63) is 29.3 Å². The predicted octanol–water partition coefficient (Wildman–Crippen LogP) is 4.30. The summed E-state index contributed by atoms with van der Waals surface area (Å²) in [5, 5.41) is 4.33. The third kappa shape index (κ3) is 3.89. The van der Waals surface area contributed by atoms with Gasteiger partial charge >= 0.3 is 0 Å². The van der Waals surface area contributed by atoms with Crippen molar-refractivity contribution >= 4 is 17.3 Å². The van der Waals surface area contributed by atoms with Crippen LogP contribution in [0.4, 0.5) is 5.69 Å². The molecule has 102 valence electrons. The molecular formula is C15H25ClN2. The fraction of sp³-hybridized carbons (Fsp3) is 0.600. The predicted molar refractivity (Wildman–Crippen MR) is 81.2 cm³/mol. The second-order valence-electron chi connectivity index (χ2n) is 5.16. The van der Waals surface area contributed by atoms with Crippen LogP contribution in [0.15, 0.2) is 24.3 Å². The molecule has 0 radical (unpaired) electrons. The monoisotopic (exact) mass is 268 g/mol. The molecule has 0 aliphatic rings. The topological polar surface area (TPSA) is 38.0 Å². The molecule has 1 rings (SSSR count). The van der Waals surface area contributed by atoms with Crippen molar-refractivity contribution in [3.63, 3.8) is 0 Å². The van der Waals surface area contributed by atoms with Crippen LogP contribution in [0.5, 0.6) is 0 Å². The first-order valence-corrected chi connectivity index (χ1v) is 7.17. The van der Waals surface area contributed by atoms with Gasteiger partial charge in [0.05, 0.1) is 10.7 Å². The van der Waals surface area contributed by atoms with Crippen LogP contribution in [0.2, 0.25) is 5.02 Å². The molecule has 0 spiro atoms. The van der Waals surface area contributed by atoms with Gasteiger partial charge in [-0.1, -0.05) is 50.9 Å². The van der Waals surface area contributed by atoms with Gasteiger partial charge in [0.2, 0.25) is 0 Å². The van der Waals surface area contributed by atoms with Gasteiger partial charge in [-0.25, -0.2) is 0 Å². The zero-order valence-electron chi connectivity index (χ0n) is 11.7. The van der Waals surface area contributed by atoms with Crippen molar-refractivity contribution in [2.75, 3.05) is 11.9 Å². The zero-order valence-corrected chi connectivity index (χ0v) is 12.4. The van der Waals surface area contributed by atoms with Crippen molar-refractivity contribution in [3.8, 4) is 0 Å². The van der Waals surface area contributed by atoms with Crippen LogP contribution in [0.3, 0.4) is 0 Å². The molecule has 0 saturated carbocycles. The summed E-state index contributed by atoms with van der Waals surface area (Å²) >= 11 is 6.21. The third-order valence-electron chi connectivity index (χ3n) is 3.78. The lowest BCUT2D eigenvalue weighted by atomic mass is 9.84. The van der Waals surface area contributed by atoms with E-state index in [2.05, 4.69) is 26.1 Å². The van der Waals surface area contributed by atoms with Crippen LogP contribution in [0.1, 0.15) is 40.0 Å². The maximum Gasteiger partial charge on any atom is 0.0637 e. The molecule has 0 aliphatic heterocycles. The van der Waals surface area contributed by atoms with Gasteiger partial charge < -0.3 is 11.1 Å². The van der Waals surface area contributed by atoms with Crippen LogP contribution in [-0.2, 0) is 0 Å². The molecule has 0 amide bonds. The maximum atomic E-state index is 6.21. The minimum absolute atomic E-state index is 0.0551. The smallest absolute Gasteiger partial charge is 0.0637 e. The Morgan fingerprint density at radius 2 is 2.00 bits per heavy atom. The van der Waals surface area contributed by atoms with E-state index in [1.807, 2.05) is 24.3 Å². The second-order valence-corrected chi connectivity index (χ2v) is 5.57. The fourth-order valence-electron chi connectivity index (χ4n) is 2.22. The average Bonchev–Trinajstić information content (AvgIpc) is 2.40. The van der Waals surface area contributed by atoms with E-state index in [9.17, 15) is 0 Å². The summed E-state index contributed by atoms with van der Waals surface area (Å²) in [6, 6.07) is 7.86. The van der Waals surface area contributed by atoms with Crippen LogP contribution < -0.4 is 11.1 Å². The minimum atomic E-state index is -0.0551. The van der Waals surface area contributed by atoms with E-state index in [1.165, 1.54) is 6.42 Å². The summed E-state index contributed by atoms with van der Waals surface area (Å²) in [6.07, 6.45) is 3.24. The Bertz CT molecular complexity index is 361. The molecular weight excluding hydrogens is 244 g/mol. The van der Waals surface area contributed by atoms with E-state index in [0.29, 0.717) is 12.5 Å². The Morgan fingerprint density at radius 1 is 1.33 bits per heavy atom. The minimum Gasteiger partial charge on any atom is -0.377 e. The molecule has 1 aromatic carbocycles. The van der Waals surface area contributed by atoms with Gasteiger partial charge in [0, 0.05) is 12.1 Å². The number of hydrogen-bond acceptors (Lipinski definition) is 2. The van der Waals surface area contributed by atoms with Gasteiger partial charge in [0.25, 0.3) is 0 Å². The molecule has 0 bridgehead atoms. The third-order valence-corrected chi connectivity index (χ3v) is 4.11. The molecule has 0 saturated heterocycles. The Hall–Kier alpha value is -0.730. The lowest BCUT2D eigenvalue weighted by molar-refractivity contribution is 0.346. The first-order valence-electron chi connectivity index (χ1n) is 6.79. The quantitative estimate of drug-likeness (QED) is 0.774. The fourth-order valence-corrected chi connectivity index (χ4v) is 2.41. The summed E-state index contributed by atoms with van der Waals surface area (Å²) in [6.45, 7) is 7.30. The molecule has 0 fully saturated rings. The largest absolute Gasteiger partial charge is 0.377 e. The lowest BCUT2D eigenvalue weighted by Gasteiger charge is -2.36. The molecule has 2 nitrogen and oxygen atoms in total. The average molecular weight is 269 g/mol. The summed E-state index contributed by atoms with van der Waals surface area (Å²) in [4.78, 5) is 0. The number of nitrogens with one attached hydrogen (secondary N) is 1. The normalized spacial score (nSPS) is 16.1. The summed E-state index contributed by atoms with van der Waals surface area (Å²) < 4.78 is 0. The van der Waals surface area contributed by atoms with Crippen molar-refractivity contribution in [2.45, 2.75) is 45.6 Å². The Balaban J connectivity index is 2.88. The van der Waals surface area contributed by atoms with Crippen molar-refractivity contribution in [2.24, 2.45) is 11.7 Å². The van der Waals surface area contributed by atoms with E-state index in [1.54, 1.807) is 0 Å². The number of para-hydroxylation sites is 1. The number of benzene rings is 1. The number of rotatable bonds is 7. The summed E-state index contributed by atoms with van der Waals surface area (Å²) in [7, 11) is 0. The molecule has 0 heterocycles. The SMILES string of the molecule is CCC(C)CC(CC)(CN)Nc1ccccc1Cl. The van der Waals surface area contributed by atoms with Gasteiger partial charge in [-0.2, -0.15) is 0 Å². The van der Waals surface area contributed by atoms with Crippen LogP contribution in [0.25, 0.3) is 0 Å². The van der Waals surface area contributed by atoms with Crippen molar-refractivity contribution < 1.29 is 0 Å². The molecule has 2 atom stereocenters. The standard InChI is InChI=1S/C15H25ClN2/c1-4-12(3)10-15(5-2,11-17)18-14-9-7-6-8-13(14)16/h6-9,12,18H,4-5,10-11,17H2,1-3H3. The van der Waals surface area contributed by atoms with Crippen molar-refractivity contribution in [1.29, 1.82) is 0 Å². The van der Waals surface area contributed by atoms with E-state index in [0.717, 1.165) is 23.6 Å². The molecule has 0 aliphatic carbocycles. The van der Waals surface area contributed by atoms with Gasteiger partial charge in [0.1, 0.15) is 0 Å². The van der Waals surface area contributed by atoms with Crippen LogP contribution >= 0.6 is 11.6 Å². The van der Waals surface area contributed by atoms with E-state index in [-0.39, 0.29) is 5.54 Å². The molecule has 3 N–H and O–H groups in total. The highest BCUT2D eigenvalue weighted by Gasteiger charge is 2.28. The number of nitrogens with two attached hydrogens (primary N) is 1. The van der Waals surface area contributed by atoms with Gasteiger partial charge in [-0.15, -0.1) is 0 Å². The number of anilines is 1. The maximum absolute atomic E-state index is 6.21. The highest BCUT2D eigenvalue weighted by atomic mass is 35.5. The first-order chi connectivity index (χ1) is 8.56. The molecule has 18 heavy (non-hydrogen) atoms. The van der Waals surface area contributed by atoms with Crippen LogP contribution in [0, 0.1) is 5.92 Å². The molecule has 0 aromatic heterocycles. The van der Waals surface area contributed by atoms with Gasteiger partial charge in [-0.3, -0.25) is 0 Å². The number of halogens is 1. The molecule has 2 unspecified atom stereocenters. The van der Waals surface area contributed by atoms with E-state index < -0.39 is 0 Å². The van der Waals surface area contributed by atoms with Gasteiger partial charge in [0.15, 0.2) is 0 Å². The Labute approximate surface area is 116 Å². The lowest BCUT2D eigenvalue weighted by Crippen LogP contribution is -2.46. The van der Waals surface area contributed by atoms with Gasteiger partial charge in [-0.05, 0) is 30.9 Å². The summed E-state index contributed by atoms with van der Waals surface area (Å²) in [5.41, 5.74) is 6.94. The zero-order chi connectivity index (χ0) is 13.6. The molecule has 1 aromatic rings. The van der Waals surface area contributed by atoms with Crippen molar-refractivity contribution in [1.82, 2.24) is 0 Å². The summed E-state index contributed by atoms with van der Waals surface area (Å²) in [5.74, 6) is 0.656. The van der Waals surface area contributed by atoms with Crippen LogP contribution in [-0.4, -0.2) is 12.1 Å². The number of hydrogen-bond donors (Lipinski definition) is 2. The second kappa shape index (κ2) is 7.01. The van der Waals surface area contributed by atoms with E-state index >= 15 is 0 Å².